The molecule has 37 heavy (non-hydrogen) atoms. The Morgan fingerprint density at radius 1 is 1.00 bits per heavy atom. The van der Waals surface area contributed by atoms with E-state index in [1.807, 2.05) is 30.3 Å². The second-order valence-electron chi connectivity index (χ2n) is 8.81. The van der Waals surface area contributed by atoms with Gasteiger partial charge in [0.15, 0.2) is 0 Å². The average Bonchev–Trinajstić information content (AvgIpc) is 3.55. The highest BCUT2D eigenvalue weighted by atomic mass is 32.2. The van der Waals surface area contributed by atoms with Gasteiger partial charge in [0, 0.05) is 30.6 Å². The van der Waals surface area contributed by atoms with Crippen LogP contribution in [0.15, 0.2) is 82.3 Å². The van der Waals surface area contributed by atoms with Crippen molar-refractivity contribution in [3.05, 3.63) is 95.6 Å². The molecule has 1 aliphatic rings. The fourth-order valence-electron chi connectivity index (χ4n) is 4.38. The third-order valence-electron chi connectivity index (χ3n) is 6.17. The molecule has 1 saturated heterocycles. The number of sulfonamides is 1. The molecule has 1 aromatic heterocycles. The van der Waals surface area contributed by atoms with Crippen molar-refractivity contribution in [3.8, 4) is 5.75 Å². The molecule has 3 aromatic carbocycles. The third kappa shape index (κ3) is 5.50. The van der Waals surface area contributed by atoms with Gasteiger partial charge < -0.3 is 14.5 Å². The van der Waals surface area contributed by atoms with Crippen LogP contribution in [0.25, 0.3) is 11.0 Å². The summed E-state index contributed by atoms with van der Waals surface area (Å²) in [5, 5.41) is 2.68. The van der Waals surface area contributed by atoms with Crippen molar-refractivity contribution in [1.82, 2.24) is 9.62 Å². The van der Waals surface area contributed by atoms with E-state index < -0.39 is 33.6 Å². The minimum atomic E-state index is -4.13. The summed E-state index contributed by atoms with van der Waals surface area (Å²) in [6.07, 6.45) is 0.818. The fourth-order valence-corrected chi connectivity index (χ4v) is 5.98. The van der Waals surface area contributed by atoms with Crippen LogP contribution in [0, 0.1) is 11.6 Å². The SMILES string of the molecule is O=C(NCc1cc(F)cc(OCc2ccccc2)c1)[C@@H]1CCCN1S(=O)(=O)c1cc2cc(F)ccc2o1. The van der Waals surface area contributed by atoms with E-state index in [2.05, 4.69) is 5.32 Å². The molecule has 192 valence electrons. The van der Waals surface area contributed by atoms with Crippen molar-refractivity contribution in [3.63, 3.8) is 0 Å². The molecule has 7 nitrogen and oxygen atoms in total. The van der Waals surface area contributed by atoms with Crippen LogP contribution in [0.5, 0.6) is 5.75 Å². The second-order valence-corrected chi connectivity index (χ2v) is 10.6. The van der Waals surface area contributed by atoms with Crippen LogP contribution >= 0.6 is 0 Å². The molecule has 4 aromatic rings. The van der Waals surface area contributed by atoms with Gasteiger partial charge in [-0.05, 0) is 54.3 Å². The van der Waals surface area contributed by atoms with E-state index in [0.29, 0.717) is 29.5 Å². The Kier molecular flexibility index (Phi) is 6.94. The number of rotatable bonds is 8. The summed E-state index contributed by atoms with van der Waals surface area (Å²) >= 11 is 0. The zero-order chi connectivity index (χ0) is 26.0. The van der Waals surface area contributed by atoms with Gasteiger partial charge in [-0.15, -0.1) is 0 Å². The predicted octanol–water partition coefficient (Wildman–Crippen LogP) is 4.76. The zero-order valence-corrected chi connectivity index (χ0v) is 20.5. The second kappa shape index (κ2) is 10.3. The number of carbonyl (C=O) groups is 1. The molecule has 1 aliphatic heterocycles. The number of nitrogens with one attached hydrogen (secondary N) is 1. The maximum Gasteiger partial charge on any atom is 0.277 e. The smallest absolute Gasteiger partial charge is 0.277 e. The number of hydrogen-bond acceptors (Lipinski definition) is 5. The molecule has 2 heterocycles. The first-order chi connectivity index (χ1) is 17.8. The lowest BCUT2D eigenvalue weighted by molar-refractivity contribution is -0.124. The molecule has 0 unspecified atom stereocenters. The Hall–Kier alpha value is -3.76. The number of furan rings is 1. The highest BCUT2D eigenvalue weighted by molar-refractivity contribution is 7.89. The van der Waals surface area contributed by atoms with E-state index in [4.69, 9.17) is 9.15 Å². The molecule has 1 fully saturated rings. The first kappa shape index (κ1) is 24.9. The standard InChI is InChI=1S/C27H24F2N2O5S/c28-21-8-9-25-20(13-21)14-26(36-25)37(33,34)31-10-4-7-24(31)27(32)30-16-19-11-22(29)15-23(12-19)35-17-18-5-2-1-3-6-18/h1-3,5-6,8-9,11-15,24H,4,7,10,16-17H2,(H,30,32)/t24-/m0/s1. The summed E-state index contributed by atoms with van der Waals surface area (Å²) in [6.45, 7) is 0.398. The number of hydrogen-bond donors (Lipinski definition) is 1. The van der Waals surface area contributed by atoms with E-state index in [1.165, 1.54) is 36.4 Å². The predicted molar refractivity (Wildman–Crippen MR) is 132 cm³/mol. The van der Waals surface area contributed by atoms with E-state index in [1.54, 1.807) is 6.07 Å². The van der Waals surface area contributed by atoms with E-state index >= 15 is 0 Å². The summed E-state index contributed by atoms with van der Waals surface area (Å²) in [5.41, 5.74) is 1.64. The van der Waals surface area contributed by atoms with Crippen LogP contribution in [0.4, 0.5) is 8.78 Å². The highest BCUT2D eigenvalue weighted by Crippen LogP contribution is 2.30. The molecule has 0 bridgehead atoms. The summed E-state index contributed by atoms with van der Waals surface area (Å²) in [4.78, 5) is 13.0. The van der Waals surface area contributed by atoms with Crippen molar-refractivity contribution < 1.29 is 31.1 Å². The summed E-state index contributed by atoms with van der Waals surface area (Å²) < 4.78 is 66.4. The average molecular weight is 527 g/mol. The Labute approximate surface area is 212 Å². The summed E-state index contributed by atoms with van der Waals surface area (Å²) in [7, 11) is -4.13. The van der Waals surface area contributed by atoms with Gasteiger partial charge in [-0.1, -0.05) is 30.3 Å². The van der Waals surface area contributed by atoms with Crippen molar-refractivity contribution in [2.24, 2.45) is 0 Å². The molecule has 0 spiro atoms. The molecular formula is C27H24F2N2O5S. The van der Waals surface area contributed by atoms with Gasteiger partial charge >= 0.3 is 0 Å². The number of amides is 1. The van der Waals surface area contributed by atoms with Crippen LogP contribution < -0.4 is 10.1 Å². The fraction of sp³-hybridized carbons (Fsp3) is 0.222. The van der Waals surface area contributed by atoms with Gasteiger partial charge in [-0.2, -0.15) is 4.31 Å². The topological polar surface area (TPSA) is 88.9 Å². The van der Waals surface area contributed by atoms with Crippen molar-refractivity contribution >= 4 is 26.9 Å². The largest absolute Gasteiger partial charge is 0.489 e. The number of fused-ring (bicyclic) bond motifs is 1. The molecular weight excluding hydrogens is 502 g/mol. The molecule has 0 radical (unpaired) electrons. The minimum absolute atomic E-state index is 0.00735. The minimum Gasteiger partial charge on any atom is -0.489 e. The van der Waals surface area contributed by atoms with Gasteiger partial charge in [0.1, 0.15) is 35.6 Å². The lowest BCUT2D eigenvalue weighted by atomic mass is 10.2. The normalized spacial score (nSPS) is 16.2. The number of halogens is 2. The van der Waals surface area contributed by atoms with Crippen LogP contribution in [-0.4, -0.2) is 31.2 Å². The molecule has 5 rings (SSSR count). The maximum absolute atomic E-state index is 14.2. The maximum atomic E-state index is 14.2. The van der Waals surface area contributed by atoms with Gasteiger partial charge in [0.2, 0.25) is 11.0 Å². The summed E-state index contributed by atoms with van der Waals surface area (Å²) in [6, 6.07) is 17.6. The number of benzene rings is 3. The molecule has 0 aliphatic carbocycles. The lowest BCUT2D eigenvalue weighted by Gasteiger charge is -2.22. The molecule has 1 atom stereocenters. The number of carbonyl (C=O) groups excluding carboxylic acids is 1. The molecule has 0 saturated carbocycles. The van der Waals surface area contributed by atoms with Crippen molar-refractivity contribution in [1.29, 1.82) is 0 Å². The number of nitrogens with zero attached hydrogens (tertiary/aromatic N) is 1. The lowest BCUT2D eigenvalue weighted by Crippen LogP contribution is -2.45. The van der Waals surface area contributed by atoms with Crippen LogP contribution in [-0.2, 0) is 28.0 Å². The van der Waals surface area contributed by atoms with Crippen LogP contribution in [0.3, 0.4) is 0 Å². The number of ether oxygens (including phenoxy) is 1. The molecule has 1 N–H and O–H groups in total. The van der Waals surface area contributed by atoms with Gasteiger partial charge in [-0.3, -0.25) is 4.79 Å². The third-order valence-corrected chi connectivity index (χ3v) is 7.94. The quantitative estimate of drug-likeness (QED) is 0.358. The van der Waals surface area contributed by atoms with Gasteiger partial charge in [0.25, 0.3) is 10.0 Å². The first-order valence-corrected chi connectivity index (χ1v) is 13.2. The highest BCUT2D eigenvalue weighted by Gasteiger charge is 2.41. The Balaban J connectivity index is 1.26. The van der Waals surface area contributed by atoms with Gasteiger partial charge in [0.05, 0.1) is 0 Å². The van der Waals surface area contributed by atoms with Crippen molar-refractivity contribution in [2.75, 3.05) is 6.54 Å². The van der Waals surface area contributed by atoms with Crippen LogP contribution in [0.1, 0.15) is 24.0 Å². The first-order valence-electron chi connectivity index (χ1n) is 11.7. The molecule has 1 amide bonds. The van der Waals surface area contributed by atoms with E-state index in [9.17, 15) is 22.0 Å². The van der Waals surface area contributed by atoms with E-state index in [0.717, 1.165) is 9.87 Å². The Morgan fingerprint density at radius 3 is 2.62 bits per heavy atom. The molecule has 10 heteroatoms. The Morgan fingerprint density at radius 2 is 1.81 bits per heavy atom. The van der Waals surface area contributed by atoms with E-state index in [-0.39, 0.29) is 30.4 Å². The monoisotopic (exact) mass is 526 g/mol. The van der Waals surface area contributed by atoms with Gasteiger partial charge in [-0.25, -0.2) is 17.2 Å². The van der Waals surface area contributed by atoms with Crippen LogP contribution in [0.2, 0.25) is 0 Å². The zero-order valence-electron chi connectivity index (χ0n) is 19.7. The van der Waals surface area contributed by atoms with Crippen molar-refractivity contribution in [2.45, 2.75) is 37.1 Å². The Bertz CT molecular complexity index is 1540. The summed E-state index contributed by atoms with van der Waals surface area (Å²) in [5.74, 6) is -1.21.